The van der Waals surface area contributed by atoms with E-state index in [4.69, 9.17) is 0 Å². The molecule has 0 aromatic heterocycles. The van der Waals surface area contributed by atoms with Gasteiger partial charge in [0.1, 0.15) is 0 Å². The van der Waals surface area contributed by atoms with E-state index in [1.54, 1.807) is 0 Å². The minimum Gasteiger partial charge on any atom is -1.00 e. The minimum atomic E-state index is 0. The van der Waals surface area contributed by atoms with Crippen LogP contribution in [-0.4, -0.2) is 16.4 Å². The van der Waals surface area contributed by atoms with E-state index < -0.39 is 0 Å². The van der Waals surface area contributed by atoms with E-state index in [2.05, 4.69) is 0 Å². The van der Waals surface area contributed by atoms with Gasteiger partial charge in [-0.15, -0.1) is 0 Å². The minimum absolute atomic E-state index is 0. The Morgan fingerprint density at radius 3 is 0.429 bits per heavy atom. The fraction of sp³-hybridized carbons (Fsp3) is 0. The summed E-state index contributed by atoms with van der Waals surface area (Å²) in [7, 11) is 0. The Labute approximate surface area is 107 Å². The third-order valence-corrected chi connectivity index (χ3v) is 0. The molecule has 0 aromatic rings. The van der Waals surface area contributed by atoms with Crippen molar-refractivity contribution in [2.45, 2.75) is 0 Å². The molecule has 6 N–H and O–H groups in total. The van der Waals surface area contributed by atoms with Gasteiger partial charge in [-0.2, -0.15) is 0 Å². The van der Waals surface area contributed by atoms with E-state index in [9.17, 15) is 0 Å². The Kier molecular flexibility index (Phi) is 1000. The average Bonchev–Trinajstić information content (AvgIpc) is 0. The van der Waals surface area contributed by atoms with Crippen molar-refractivity contribution >= 4 is 0 Å². The van der Waals surface area contributed by atoms with Gasteiger partial charge >= 0.3 is 20.1 Å². The van der Waals surface area contributed by atoms with Gasteiger partial charge < -0.3 is 88.4 Å². The molecule has 54 valence electrons. The topological polar surface area (TPSA) is 94.5 Å². The van der Waals surface area contributed by atoms with Gasteiger partial charge in [0.25, 0.3) is 0 Å². The number of hydrogen-bond acceptors (Lipinski definition) is 0. The van der Waals surface area contributed by atoms with Crippen molar-refractivity contribution in [3.8, 4) is 0 Å². The molecule has 0 radical (unpaired) electrons. The molecule has 7 heavy (non-hydrogen) atoms. The van der Waals surface area contributed by atoms with E-state index in [1.165, 1.54) is 0 Å². The van der Waals surface area contributed by atoms with Gasteiger partial charge in [-0.05, 0) is 0 Å². The molecular formula is H6I3IrO3. The Balaban J connectivity index is 0. The van der Waals surface area contributed by atoms with Crippen LogP contribution in [0.5, 0.6) is 0 Å². The van der Waals surface area contributed by atoms with Crippen LogP contribution < -0.4 is 71.9 Å². The zero-order valence-electron chi connectivity index (χ0n) is 2.97. The Hall–Kier alpha value is 2.72. The zero-order chi connectivity index (χ0) is 0. The normalized spacial score (nSPS) is 0. The molecule has 0 bridgehead atoms. The van der Waals surface area contributed by atoms with Crippen molar-refractivity contribution < 1.29 is 108 Å². The first-order valence-corrected chi connectivity index (χ1v) is 0. The van der Waals surface area contributed by atoms with Crippen molar-refractivity contribution in [2.75, 3.05) is 0 Å². The Morgan fingerprint density at radius 1 is 0.429 bits per heavy atom. The summed E-state index contributed by atoms with van der Waals surface area (Å²) in [5, 5.41) is 0. The van der Waals surface area contributed by atoms with E-state index >= 15 is 0 Å². The number of hydrogen-bond donors (Lipinski definition) is 0. The van der Waals surface area contributed by atoms with E-state index in [0.29, 0.717) is 0 Å². The molecule has 0 saturated heterocycles. The molecule has 0 spiro atoms. The molecule has 0 saturated carbocycles. The summed E-state index contributed by atoms with van der Waals surface area (Å²) in [6.07, 6.45) is 0. The summed E-state index contributed by atoms with van der Waals surface area (Å²) in [5.74, 6) is 0. The van der Waals surface area contributed by atoms with Crippen LogP contribution in [0.1, 0.15) is 0 Å². The van der Waals surface area contributed by atoms with Crippen molar-refractivity contribution in [1.82, 2.24) is 0 Å². The Morgan fingerprint density at radius 2 is 0.429 bits per heavy atom. The summed E-state index contributed by atoms with van der Waals surface area (Å²) >= 11 is 0. The first-order chi connectivity index (χ1) is 0. The molecule has 0 atom stereocenters. The SMILES string of the molecule is O.O.O.[I-].[I-].[I-].[Ir+3]. The summed E-state index contributed by atoms with van der Waals surface area (Å²) in [4.78, 5) is 0. The van der Waals surface area contributed by atoms with Crippen molar-refractivity contribution in [1.29, 1.82) is 0 Å². The summed E-state index contributed by atoms with van der Waals surface area (Å²) < 4.78 is 0. The summed E-state index contributed by atoms with van der Waals surface area (Å²) in [6.45, 7) is 0. The van der Waals surface area contributed by atoms with E-state index in [-0.39, 0.29) is 108 Å². The van der Waals surface area contributed by atoms with Crippen LogP contribution in [0.25, 0.3) is 0 Å². The fourth-order valence-corrected chi connectivity index (χ4v) is 0. The molecule has 0 rings (SSSR count). The predicted octanol–water partition coefficient (Wildman–Crippen LogP) is -11.5. The van der Waals surface area contributed by atoms with E-state index in [0.717, 1.165) is 0 Å². The van der Waals surface area contributed by atoms with Crippen LogP contribution in [0.4, 0.5) is 0 Å². The molecule has 0 fully saturated rings. The van der Waals surface area contributed by atoms with Crippen molar-refractivity contribution in [3.05, 3.63) is 0 Å². The van der Waals surface area contributed by atoms with Gasteiger partial charge in [0.2, 0.25) is 0 Å². The van der Waals surface area contributed by atoms with Gasteiger partial charge in [-0.1, -0.05) is 0 Å². The van der Waals surface area contributed by atoms with E-state index in [1.807, 2.05) is 0 Å². The second kappa shape index (κ2) is 70.3. The Bertz CT molecular complexity index is 10.1. The first-order valence-electron chi connectivity index (χ1n) is 0. The van der Waals surface area contributed by atoms with Gasteiger partial charge in [-0.3, -0.25) is 0 Å². The second-order valence-corrected chi connectivity index (χ2v) is 0. The van der Waals surface area contributed by atoms with Crippen LogP contribution in [-0.2, 0) is 20.1 Å². The molecule has 0 aliphatic rings. The monoisotopic (exact) mass is 628 g/mol. The predicted molar refractivity (Wildman–Crippen MR) is 10.8 cm³/mol. The molecule has 0 aromatic carbocycles. The smallest absolute Gasteiger partial charge is 1.00 e. The molecule has 0 aliphatic carbocycles. The third kappa shape index (κ3) is 53.2. The number of rotatable bonds is 0. The van der Waals surface area contributed by atoms with Crippen molar-refractivity contribution in [3.63, 3.8) is 0 Å². The summed E-state index contributed by atoms with van der Waals surface area (Å²) in [5.41, 5.74) is 0. The first kappa shape index (κ1) is 99.9. The van der Waals surface area contributed by atoms with Gasteiger partial charge in [0, 0.05) is 0 Å². The standard InChI is InChI=1S/3HI.Ir.3H2O/h3*1H;;3*1H2/q;;;+3;;;/p-3. The molecular weight excluding hydrogens is 621 g/mol. The van der Waals surface area contributed by atoms with Crippen LogP contribution in [0.2, 0.25) is 0 Å². The van der Waals surface area contributed by atoms with Crippen LogP contribution in [0, 0.1) is 0 Å². The molecule has 0 amide bonds. The largest absolute Gasteiger partial charge is 3.00 e. The summed E-state index contributed by atoms with van der Waals surface area (Å²) in [6, 6.07) is 0. The van der Waals surface area contributed by atoms with Crippen molar-refractivity contribution in [2.24, 2.45) is 0 Å². The van der Waals surface area contributed by atoms with Gasteiger partial charge in [0.05, 0.1) is 0 Å². The molecule has 3 nitrogen and oxygen atoms in total. The molecule has 7 heteroatoms. The second-order valence-electron chi connectivity index (χ2n) is 0. The maximum atomic E-state index is 0. The van der Waals surface area contributed by atoms with Crippen LogP contribution in [0.3, 0.4) is 0 Å². The van der Waals surface area contributed by atoms with Crippen LogP contribution >= 0.6 is 0 Å². The van der Waals surface area contributed by atoms with Gasteiger partial charge in [-0.25, -0.2) is 0 Å². The van der Waals surface area contributed by atoms with Gasteiger partial charge in [0.15, 0.2) is 0 Å². The zero-order valence-corrected chi connectivity index (χ0v) is 11.8. The molecule has 0 heterocycles. The van der Waals surface area contributed by atoms with Crippen LogP contribution in [0.15, 0.2) is 0 Å². The molecule has 0 aliphatic heterocycles. The number of halogens is 3. The fourth-order valence-electron chi connectivity index (χ4n) is 0. The quantitative estimate of drug-likeness (QED) is 0.239. The third-order valence-electron chi connectivity index (χ3n) is 0. The maximum Gasteiger partial charge on any atom is 3.00 e. The maximum absolute atomic E-state index is 0. The average molecular weight is 627 g/mol. The molecule has 0 unspecified atom stereocenters.